The van der Waals surface area contributed by atoms with Crippen LogP contribution in [0.25, 0.3) is 0 Å². The summed E-state index contributed by atoms with van der Waals surface area (Å²) in [5, 5.41) is 0. The molecule has 0 saturated carbocycles. The summed E-state index contributed by atoms with van der Waals surface area (Å²) in [7, 11) is 0. The predicted molar refractivity (Wildman–Crippen MR) is 48.7 cm³/mol. The number of rotatable bonds is 4. The zero-order valence-corrected chi connectivity index (χ0v) is 8.33. The van der Waals surface area contributed by atoms with Crippen LogP contribution in [-0.4, -0.2) is 18.1 Å². The summed E-state index contributed by atoms with van der Waals surface area (Å²) in [5.41, 5.74) is 5.59. The average Bonchev–Trinajstić information content (AvgIpc) is 1.84. The molecule has 3 heteroatoms. The maximum absolute atomic E-state index is 11.1. The van der Waals surface area contributed by atoms with E-state index in [1.165, 1.54) is 0 Å². The van der Waals surface area contributed by atoms with Crippen molar-refractivity contribution < 1.29 is 9.53 Å². The smallest absolute Gasteiger partial charge is 0.323 e. The number of hydrogen-bond acceptors (Lipinski definition) is 3. The monoisotopic (exact) mass is 173 g/mol. The standard InChI is InChI=1S/C9H19NO2/c1-6(2)5-8(10)9(11)12-7(3)4/h6-8H,5,10H2,1-4H3/t8-/m0/s1. The Morgan fingerprint density at radius 2 is 1.83 bits per heavy atom. The van der Waals surface area contributed by atoms with Crippen molar-refractivity contribution in [2.45, 2.75) is 46.3 Å². The molecule has 0 aromatic rings. The fourth-order valence-electron chi connectivity index (χ4n) is 0.924. The van der Waals surface area contributed by atoms with Gasteiger partial charge < -0.3 is 10.5 Å². The Morgan fingerprint density at radius 3 is 2.17 bits per heavy atom. The van der Waals surface area contributed by atoms with Crippen LogP contribution in [0, 0.1) is 5.92 Å². The number of carbonyl (C=O) groups excluding carboxylic acids is 1. The van der Waals surface area contributed by atoms with Gasteiger partial charge in [-0.25, -0.2) is 0 Å². The number of esters is 1. The van der Waals surface area contributed by atoms with Crippen molar-refractivity contribution in [3.63, 3.8) is 0 Å². The van der Waals surface area contributed by atoms with Crippen LogP contribution in [0.1, 0.15) is 34.1 Å². The summed E-state index contributed by atoms with van der Waals surface area (Å²) in [6, 6.07) is -0.465. The van der Waals surface area contributed by atoms with Crippen LogP contribution < -0.4 is 5.73 Å². The average molecular weight is 173 g/mol. The van der Waals surface area contributed by atoms with Gasteiger partial charge in [-0.1, -0.05) is 13.8 Å². The Hall–Kier alpha value is -0.570. The second kappa shape index (κ2) is 5.14. The fraction of sp³-hybridized carbons (Fsp3) is 0.889. The zero-order chi connectivity index (χ0) is 9.72. The molecule has 0 fully saturated rings. The van der Waals surface area contributed by atoms with Gasteiger partial charge in [-0.2, -0.15) is 0 Å². The first kappa shape index (κ1) is 11.4. The van der Waals surface area contributed by atoms with Gasteiger partial charge in [0.2, 0.25) is 0 Å². The third-order valence-electron chi connectivity index (χ3n) is 1.38. The maximum atomic E-state index is 11.1. The lowest BCUT2D eigenvalue weighted by Crippen LogP contribution is -2.34. The molecule has 0 spiro atoms. The summed E-state index contributed by atoms with van der Waals surface area (Å²) in [4.78, 5) is 11.1. The first-order chi connectivity index (χ1) is 5.43. The van der Waals surface area contributed by atoms with Crippen molar-refractivity contribution in [1.82, 2.24) is 0 Å². The molecule has 0 rings (SSSR count). The molecule has 0 aromatic carbocycles. The molecule has 3 nitrogen and oxygen atoms in total. The Balaban J connectivity index is 3.77. The number of hydrogen-bond donors (Lipinski definition) is 1. The van der Waals surface area contributed by atoms with Gasteiger partial charge in [0.25, 0.3) is 0 Å². The highest BCUT2D eigenvalue weighted by molar-refractivity contribution is 5.75. The van der Waals surface area contributed by atoms with Gasteiger partial charge in [0.1, 0.15) is 6.04 Å². The van der Waals surface area contributed by atoms with E-state index in [4.69, 9.17) is 10.5 Å². The minimum Gasteiger partial charge on any atom is -0.462 e. The number of nitrogens with two attached hydrogens (primary N) is 1. The van der Waals surface area contributed by atoms with Crippen molar-refractivity contribution in [3.05, 3.63) is 0 Å². The molecule has 2 N–H and O–H groups in total. The lowest BCUT2D eigenvalue weighted by atomic mass is 10.1. The molecule has 0 aliphatic rings. The molecule has 72 valence electrons. The van der Waals surface area contributed by atoms with E-state index < -0.39 is 6.04 Å². The molecule has 0 aromatic heterocycles. The third kappa shape index (κ3) is 5.13. The molecule has 0 heterocycles. The molecule has 0 unspecified atom stereocenters. The molecule has 0 radical (unpaired) electrons. The van der Waals surface area contributed by atoms with E-state index in [0.29, 0.717) is 12.3 Å². The molecule has 1 atom stereocenters. The van der Waals surface area contributed by atoms with E-state index in [1.54, 1.807) is 0 Å². The van der Waals surface area contributed by atoms with Crippen molar-refractivity contribution >= 4 is 5.97 Å². The van der Waals surface area contributed by atoms with E-state index in [-0.39, 0.29) is 12.1 Å². The summed E-state index contributed by atoms with van der Waals surface area (Å²) in [5.74, 6) is 0.137. The van der Waals surface area contributed by atoms with Crippen LogP contribution in [0.5, 0.6) is 0 Å². The van der Waals surface area contributed by atoms with Crippen LogP contribution in [-0.2, 0) is 9.53 Å². The normalized spacial score (nSPS) is 13.6. The van der Waals surface area contributed by atoms with Crippen molar-refractivity contribution in [3.8, 4) is 0 Å². The zero-order valence-electron chi connectivity index (χ0n) is 8.33. The molecule has 0 saturated heterocycles. The molecular weight excluding hydrogens is 154 g/mol. The highest BCUT2D eigenvalue weighted by atomic mass is 16.5. The van der Waals surface area contributed by atoms with E-state index in [9.17, 15) is 4.79 Å². The molecule has 0 aliphatic heterocycles. The topological polar surface area (TPSA) is 52.3 Å². The lowest BCUT2D eigenvalue weighted by Gasteiger charge is -2.15. The van der Waals surface area contributed by atoms with Gasteiger partial charge in [0.05, 0.1) is 6.10 Å². The van der Waals surface area contributed by atoms with Crippen LogP contribution in [0.3, 0.4) is 0 Å². The maximum Gasteiger partial charge on any atom is 0.323 e. The van der Waals surface area contributed by atoms with E-state index >= 15 is 0 Å². The number of ether oxygens (including phenoxy) is 1. The summed E-state index contributed by atoms with van der Waals surface area (Å²) < 4.78 is 4.95. The highest BCUT2D eigenvalue weighted by Gasteiger charge is 2.17. The second-order valence-electron chi connectivity index (χ2n) is 3.72. The minimum atomic E-state index is -0.465. The first-order valence-electron chi connectivity index (χ1n) is 4.39. The molecule has 0 aliphatic carbocycles. The fourth-order valence-corrected chi connectivity index (χ4v) is 0.924. The lowest BCUT2D eigenvalue weighted by molar-refractivity contribution is -0.149. The third-order valence-corrected chi connectivity index (χ3v) is 1.38. The van der Waals surface area contributed by atoms with Crippen molar-refractivity contribution in [2.75, 3.05) is 0 Å². The quantitative estimate of drug-likeness (QED) is 0.652. The first-order valence-corrected chi connectivity index (χ1v) is 4.39. The predicted octanol–water partition coefficient (Wildman–Crippen LogP) is 1.31. The Labute approximate surface area is 74.3 Å². The number of carbonyl (C=O) groups is 1. The van der Waals surface area contributed by atoms with Crippen LogP contribution in [0.4, 0.5) is 0 Å². The van der Waals surface area contributed by atoms with Gasteiger partial charge in [-0.3, -0.25) is 4.79 Å². The van der Waals surface area contributed by atoms with E-state index in [2.05, 4.69) is 0 Å². The summed E-state index contributed by atoms with van der Waals surface area (Å²) in [6.45, 7) is 7.70. The Bertz CT molecular complexity index is 143. The second-order valence-corrected chi connectivity index (χ2v) is 3.72. The molecule has 0 amide bonds. The van der Waals surface area contributed by atoms with E-state index in [1.807, 2.05) is 27.7 Å². The van der Waals surface area contributed by atoms with Crippen LogP contribution >= 0.6 is 0 Å². The van der Waals surface area contributed by atoms with E-state index in [0.717, 1.165) is 0 Å². The largest absolute Gasteiger partial charge is 0.462 e. The van der Waals surface area contributed by atoms with Gasteiger partial charge in [0.15, 0.2) is 0 Å². The Morgan fingerprint density at radius 1 is 1.33 bits per heavy atom. The minimum absolute atomic E-state index is 0.0734. The van der Waals surface area contributed by atoms with Gasteiger partial charge in [-0.15, -0.1) is 0 Å². The van der Waals surface area contributed by atoms with Gasteiger partial charge in [0, 0.05) is 0 Å². The highest BCUT2D eigenvalue weighted by Crippen LogP contribution is 2.04. The van der Waals surface area contributed by atoms with Crippen LogP contribution in [0.15, 0.2) is 0 Å². The molecular formula is C9H19NO2. The van der Waals surface area contributed by atoms with Crippen molar-refractivity contribution in [2.24, 2.45) is 11.7 Å². The Kier molecular flexibility index (Phi) is 4.90. The van der Waals surface area contributed by atoms with Crippen molar-refractivity contribution in [1.29, 1.82) is 0 Å². The SMILES string of the molecule is CC(C)C[C@H](N)C(=O)OC(C)C. The summed E-state index contributed by atoms with van der Waals surface area (Å²) >= 11 is 0. The molecule has 12 heavy (non-hydrogen) atoms. The van der Waals surface area contributed by atoms with Gasteiger partial charge >= 0.3 is 5.97 Å². The molecule has 0 bridgehead atoms. The van der Waals surface area contributed by atoms with Gasteiger partial charge in [-0.05, 0) is 26.2 Å². The summed E-state index contributed by atoms with van der Waals surface area (Å²) in [6.07, 6.45) is 0.613. The van der Waals surface area contributed by atoms with Crippen LogP contribution in [0.2, 0.25) is 0 Å².